The Morgan fingerprint density at radius 3 is 2.55 bits per heavy atom. The van der Waals surface area contributed by atoms with Crippen LogP contribution >= 0.6 is 0 Å². The number of rotatable bonds is 4. The molecule has 1 heterocycles. The van der Waals surface area contributed by atoms with E-state index >= 15 is 0 Å². The summed E-state index contributed by atoms with van der Waals surface area (Å²) in [4.78, 5) is 3.42. The topological polar surface area (TPSA) is 60.3 Å². The molecule has 3 rings (SSSR count). The number of hydrogen-bond donors (Lipinski definition) is 2. The fourth-order valence-corrected chi connectivity index (χ4v) is 2.95. The van der Waals surface area contributed by atoms with E-state index in [0.717, 1.165) is 39.0 Å². The van der Waals surface area contributed by atoms with Crippen molar-refractivity contribution in [2.45, 2.75) is 13.5 Å². The van der Waals surface area contributed by atoms with E-state index in [-0.39, 0.29) is 0 Å². The Morgan fingerprint density at radius 2 is 1.86 bits per heavy atom. The number of nitrogens with two attached hydrogens (primary N) is 1. The summed E-state index contributed by atoms with van der Waals surface area (Å²) in [6.45, 7) is 2.52. The van der Waals surface area contributed by atoms with Gasteiger partial charge in [-0.1, -0.05) is 18.2 Å². The van der Waals surface area contributed by atoms with Gasteiger partial charge >= 0.3 is 0 Å². The Bertz CT molecular complexity index is 821. The molecule has 0 atom stereocenters. The van der Waals surface area contributed by atoms with Crippen molar-refractivity contribution in [3.8, 4) is 22.6 Å². The van der Waals surface area contributed by atoms with Gasteiger partial charge in [-0.3, -0.25) is 0 Å². The molecule has 0 aliphatic heterocycles. The number of aromatic amines is 1. The summed E-state index contributed by atoms with van der Waals surface area (Å²) in [5.74, 6) is 1.43. The summed E-state index contributed by atoms with van der Waals surface area (Å²) in [6.07, 6.45) is 0. The molecular formula is C18H20N2O2. The molecule has 3 N–H and O–H groups in total. The summed E-state index contributed by atoms with van der Waals surface area (Å²) < 4.78 is 11.1. The second-order valence-corrected chi connectivity index (χ2v) is 5.25. The van der Waals surface area contributed by atoms with Gasteiger partial charge in [0.1, 0.15) is 0 Å². The molecule has 0 radical (unpaired) electrons. The standard InChI is InChI=1S/C18H20N2O2/c1-11-17(13-6-4-5-7-15(13)20-11)14-8-12(10-19)9-16(21-2)18(14)22-3/h4-9,20H,10,19H2,1-3H3. The minimum Gasteiger partial charge on any atom is -0.493 e. The van der Waals surface area contributed by atoms with E-state index in [1.165, 1.54) is 0 Å². The van der Waals surface area contributed by atoms with Gasteiger partial charge in [0.15, 0.2) is 11.5 Å². The van der Waals surface area contributed by atoms with E-state index in [1.54, 1.807) is 14.2 Å². The summed E-state index contributed by atoms with van der Waals surface area (Å²) in [5.41, 5.74) is 11.2. The first-order valence-corrected chi connectivity index (χ1v) is 7.22. The number of para-hydroxylation sites is 1. The van der Waals surface area contributed by atoms with Gasteiger partial charge in [0.2, 0.25) is 0 Å². The van der Waals surface area contributed by atoms with Crippen molar-refractivity contribution in [3.63, 3.8) is 0 Å². The van der Waals surface area contributed by atoms with Crippen LogP contribution in [-0.2, 0) is 6.54 Å². The number of ether oxygens (including phenoxy) is 2. The summed E-state index contributed by atoms with van der Waals surface area (Å²) in [7, 11) is 3.30. The molecule has 114 valence electrons. The molecule has 0 saturated heterocycles. The van der Waals surface area contributed by atoms with Crippen LogP contribution in [0.5, 0.6) is 11.5 Å². The molecule has 0 amide bonds. The quantitative estimate of drug-likeness (QED) is 0.773. The highest BCUT2D eigenvalue weighted by molar-refractivity contribution is 5.99. The highest BCUT2D eigenvalue weighted by Crippen LogP contribution is 2.43. The maximum atomic E-state index is 5.83. The van der Waals surface area contributed by atoms with Crippen LogP contribution in [0.4, 0.5) is 0 Å². The van der Waals surface area contributed by atoms with E-state index in [2.05, 4.69) is 30.1 Å². The Balaban J connectivity index is 2.36. The minimum absolute atomic E-state index is 0.453. The largest absolute Gasteiger partial charge is 0.493 e. The lowest BCUT2D eigenvalue weighted by Gasteiger charge is -2.15. The average molecular weight is 296 g/mol. The Labute approximate surface area is 129 Å². The van der Waals surface area contributed by atoms with Gasteiger partial charge in [-0.15, -0.1) is 0 Å². The number of nitrogens with one attached hydrogen (secondary N) is 1. The van der Waals surface area contributed by atoms with Gasteiger partial charge in [0.25, 0.3) is 0 Å². The van der Waals surface area contributed by atoms with Crippen molar-refractivity contribution >= 4 is 10.9 Å². The molecule has 4 heteroatoms. The van der Waals surface area contributed by atoms with Crippen molar-refractivity contribution in [1.29, 1.82) is 0 Å². The molecule has 2 aromatic carbocycles. The van der Waals surface area contributed by atoms with Crippen LogP contribution in [0.25, 0.3) is 22.0 Å². The van der Waals surface area contributed by atoms with Gasteiger partial charge < -0.3 is 20.2 Å². The summed E-state index contributed by atoms with van der Waals surface area (Å²) in [5, 5.41) is 1.16. The van der Waals surface area contributed by atoms with Crippen LogP contribution in [0.1, 0.15) is 11.3 Å². The first-order chi connectivity index (χ1) is 10.7. The molecule has 0 bridgehead atoms. The molecule has 4 nitrogen and oxygen atoms in total. The summed E-state index contributed by atoms with van der Waals surface area (Å²) in [6, 6.07) is 12.2. The molecule has 0 unspecified atom stereocenters. The number of hydrogen-bond acceptors (Lipinski definition) is 3. The zero-order valence-corrected chi connectivity index (χ0v) is 13.1. The van der Waals surface area contributed by atoms with Crippen molar-refractivity contribution in [2.75, 3.05) is 14.2 Å². The Hall–Kier alpha value is -2.46. The third-order valence-electron chi connectivity index (χ3n) is 3.94. The molecule has 1 aromatic heterocycles. The van der Waals surface area contributed by atoms with E-state index in [4.69, 9.17) is 15.2 Å². The minimum atomic E-state index is 0.453. The van der Waals surface area contributed by atoms with Crippen molar-refractivity contribution in [1.82, 2.24) is 4.98 Å². The lowest BCUT2D eigenvalue weighted by Crippen LogP contribution is -2.00. The van der Waals surface area contributed by atoms with Crippen molar-refractivity contribution in [3.05, 3.63) is 47.7 Å². The zero-order chi connectivity index (χ0) is 15.7. The molecule has 0 saturated carbocycles. The SMILES string of the molecule is COc1cc(CN)cc(-c2c(C)[nH]c3ccccc23)c1OC. The smallest absolute Gasteiger partial charge is 0.168 e. The number of H-pyrrole nitrogens is 1. The second kappa shape index (κ2) is 5.73. The fourth-order valence-electron chi connectivity index (χ4n) is 2.95. The monoisotopic (exact) mass is 296 g/mol. The van der Waals surface area contributed by atoms with Gasteiger partial charge in [-0.25, -0.2) is 0 Å². The molecule has 0 aliphatic carbocycles. The van der Waals surface area contributed by atoms with Gasteiger partial charge in [0.05, 0.1) is 14.2 Å². The number of aryl methyl sites for hydroxylation is 1. The first-order valence-electron chi connectivity index (χ1n) is 7.22. The molecule has 3 aromatic rings. The zero-order valence-electron chi connectivity index (χ0n) is 13.1. The van der Waals surface area contributed by atoms with Crippen LogP contribution in [-0.4, -0.2) is 19.2 Å². The van der Waals surface area contributed by atoms with Crippen molar-refractivity contribution < 1.29 is 9.47 Å². The fraction of sp³-hybridized carbons (Fsp3) is 0.222. The summed E-state index contributed by atoms with van der Waals surface area (Å²) >= 11 is 0. The van der Waals surface area contributed by atoms with Crippen LogP contribution in [0.2, 0.25) is 0 Å². The van der Waals surface area contributed by atoms with Gasteiger partial charge in [-0.2, -0.15) is 0 Å². The lowest BCUT2D eigenvalue weighted by molar-refractivity contribution is 0.356. The van der Waals surface area contributed by atoms with E-state index in [0.29, 0.717) is 12.3 Å². The highest BCUT2D eigenvalue weighted by Gasteiger charge is 2.18. The lowest BCUT2D eigenvalue weighted by atomic mass is 9.98. The second-order valence-electron chi connectivity index (χ2n) is 5.25. The predicted octanol–water partition coefficient (Wildman–Crippen LogP) is 3.62. The number of aromatic nitrogens is 1. The van der Waals surface area contributed by atoms with Gasteiger partial charge in [0, 0.05) is 34.3 Å². The maximum absolute atomic E-state index is 5.83. The van der Waals surface area contributed by atoms with Crippen molar-refractivity contribution in [2.24, 2.45) is 5.73 Å². The average Bonchev–Trinajstić information content (AvgIpc) is 2.89. The third kappa shape index (κ3) is 2.22. The number of methoxy groups -OCH3 is 2. The van der Waals surface area contributed by atoms with E-state index in [1.807, 2.05) is 18.2 Å². The van der Waals surface area contributed by atoms with Crippen LogP contribution in [0.3, 0.4) is 0 Å². The van der Waals surface area contributed by atoms with Crippen LogP contribution in [0, 0.1) is 6.92 Å². The number of benzene rings is 2. The highest BCUT2D eigenvalue weighted by atomic mass is 16.5. The first kappa shape index (κ1) is 14.5. The maximum Gasteiger partial charge on any atom is 0.168 e. The Kier molecular flexibility index (Phi) is 3.77. The van der Waals surface area contributed by atoms with E-state index in [9.17, 15) is 0 Å². The normalized spacial score (nSPS) is 10.9. The molecule has 0 fully saturated rings. The predicted molar refractivity (Wildman–Crippen MR) is 89.5 cm³/mol. The third-order valence-corrected chi connectivity index (χ3v) is 3.94. The number of fused-ring (bicyclic) bond motifs is 1. The van der Waals surface area contributed by atoms with Crippen LogP contribution < -0.4 is 15.2 Å². The Morgan fingerprint density at radius 1 is 1.09 bits per heavy atom. The molecule has 0 spiro atoms. The van der Waals surface area contributed by atoms with E-state index < -0.39 is 0 Å². The van der Waals surface area contributed by atoms with Crippen LogP contribution in [0.15, 0.2) is 36.4 Å². The molecule has 22 heavy (non-hydrogen) atoms. The molecule has 0 aliphatic rings. The molecular weight excluding hydrogens is 276 g/mol. The van der Waals surface area contributed by atoms with Gasteiger partial charge in [-0.05, 0) is 30.7 Å².